The standard InChI is InChI=1S/C13H17NO.C9H9NO.C9H9NS.C8H6FNS.C8H7NO.5C2H6/c1-2-3-4-6-11-8-9-13(15-11)12-7-5-10-14-12;1-7-4-5-9(11-7)8-3-2-6-10-8;1-7-4-5-8(10-7)9-3-2-6-11-9;9-8-4-3-6(10-8)7-2-1-5-11-7;1-3-7(9-5-1)8-4-2-6-10-8;5*1-2/h5,7-10,14H,2-4,6H2,1H3;2*2-6,10H,1H3;1-5,10H;1-6,9H;5*1-2H3. The van der Waals surface area contributed by atoms with Gasteiger partial charge in [-0.15, -0.1) is 22.7 Å². The molecular formula is C57H78FN5O3S2. The van der Waals surface area contributed by atoms with Gasteiger partial charge >= 0.3 is 0 Å². The van der Waals surface area contributed by atoms with Gasteiger partial charge in [0.15, 0.2) is 5.95 Å². The number of furan rings is 3. The van der Waals surface area contributed by atoms with E-state index in [1.807, 2.05) is 179 Å². The van der Waals surface area contributed by atoms with E-state index in [-0.39, 0.29) is 5.95 Å². The second kappa shape index (κ2) is 37.6. The van der Waals surface area contributed by atoms with Crippen molar-refractivity contribution < 1.29 is 17.6 Å². The van der Waals surface area contributed by atoms with Gasteiger partial charge in [-0.2, -0.15) is 4.39 Å². The lowest BCUT2D eigenvalue weighted by molar-refractivity contribution is 0.507. The van der Waals surface area contributed by atoms with Crippen LogP contribution in [0.25, 0.3) is 55.5 Å². The summed E-state index contributed by atoms with van der Waals surface area (Å²) in [7, 11) is 0. The van der Waals surface area contributed by atoms with E-state index in [0.29, 0.717) is 0 Å². The molecule has 0 aliphatic heterocycles. The summed E-state index contributed by atoms with van der Waals surface area (Å²) >= 11 is 3.35. The first kappa shape index (κ1) is 59.6. The summed E-state index contributed by atoms with van der Waals surface area (Å²) in [5, 5.41) is 4.06. The Labute approximate surface area is 414 Å². The Bertz CT molecular complexity index is 2300. The molecule has 0 saturated heterocycles. The zero-order valence-corrected chi connectivity index (χ0v) is 44.4. The predicted molar refractivity (Wildman–Crippen MR) is 293 cm³/mol. The smallest absolute Gasteiger partial charge is 0.191 e. The number of aryl methyl sites for hydroxylation is 3. The average molecular weight is 964 g/mol. The number of H-pyrrole nitrogens is 5. The number of aromatic amines is 5. The number of halogens is 1. The normalized spacial score (nSPS) is 9.26. The summed E-state index contributed by atoms with van der Waals surface area (Å²) in [4.78, 5) is 17.5. The van der Waals surface area contributed by atoms with Crippen LogP contribution in [0.4, 0.5) is 4.39 Å². The highest BCUT2D eigenvalue weighted by atomic mass is 32.1. The summed E-state index contributed by atoms with van der Waals surface area (Å²) in [6, 6.07) is 39.1. The van der Waals surface area contributed by atoms with Crippen LogP contribution in [0.5, 0.6) is 0 Å². The number of aromatic nitrogens is 5. The van der Waals surface area contributed by atoms with Gasteiger partial charge in [0.05, 0.1) is 44.5 Å². The third-order valence-electron chi connectivity index (χ3n) is 8.60. The van der Waals surface area contributed by atoms with Gasteiger partial charge in [-0.05, 0) is 140 Å². The first-order valence-electron chi connectivity index (χ1n) is 24.1. The van der Waals surface area contributed by atoms with E-state index >= 15 is 0 Å². The van der Waals surface area contributed by atoms with Gasteiger partial charge in [-0.1, -0.05) is 101 Å². The third-order valence-corrected chi connectivity index (χ3v) is 10.4. The quantitative estimate of drug-likeness (QED) is 0.0927. The molecule has 8 nitrogen and oxygen atoms in total. The molecule has 0 aliphatic rings. The second-order valence-electron chi connectivity index (χ2n) is 13.1. The van der Waals surface area contributed by atoms with Crippen LogP contribution in [-0.4, -0.2) is 24.9 Å². The fourth-order valence-electron chi connectivity index (χ4n) is 5.69. The molecule has 0 bridgehead atoms. The topological polar surface area (TPSA) is 118 Å². The number of rotatable bonds is 9. The summed E-state index contributed by atoms with van der Waals surface area (Å²) in [6.45, 7) is 26.2. The molecule has 10 rings (SSSR count). The number of thiophene rings is 2. The first-order chi connectivity index (χ1) is 33.4. The molecule has 68 heavy (non-hydrogen) atoms. The van der Waals surface area contributed by atoms with Crippen LogP contribution in [0.15, 0.2) is 170 Å². The second-order valence-corrected chi connectivity index (χ2v) is 15.0. The number of unbranched alkanes of at least 4 members (excludes halogenated alkanes) is 2. The van der Waals surface area contributed by atoms with Gasteiger partial charge in [0.1, 0.15) is 28.8 Å². The number of hydrogen-bond donors (Lipinski definition) is 5. The van der Waals surface area contributed by atoms with E-state index in [4.69, 9.17) is 13.3 Å². The predicted octanol–water partition coefficient (Wildman–Crippen LogP) is 19.9. The molecule has 11 heteroatoms. The van der Waals surface area contributed by atoms with Crippen LogP contribution in [0, 0.1) is 19.8 Å². The first-order valence-corrected chi connectivity index (χ1v) is 25.9. The van der Waals surface area contributed by atoms with Crippen molar-refractivity contribution in [3.05, 3.63) is 180 Å². The molecule has 0 spiro atoms. The monoisotopic (exact) mass is 964 g/mol. The molecule has 0 aliphatic carbocycles. The van der Waals surface area contributed by atoms with Gasteiger partial charge in [0.25, 0.3) is 0 Å². The number of hydrogen-bond acceptors (Lipinski definition) is 5. The highest BCUT2D eigenvalue weighted by molar-refractivity contribution is 7.13. The largest absolute Gasteiger partial charge is 0.463 e. The Morgan fingerprint density at radius 3 is 1.38 bits per heavy atom. The van der Waals surface area contributed by atoms with Gasteiger partial charge in [-0.25, -0.2) is 0 Å². The van der Waals surface area contributed by atoms with Crippen molar-refractivity contribution in [3.63, 3.8) is 0 Å². The van der Waals surface area contributed by atoms with Gasteiger partial charge in [0, 0.05) is 30.7 Å². The fraction of sp³-hybridized carbons (Fsp3) is 0.298. The van der Waals surface area contributed by atoms with Crippen LogP contribution in [0.1, 0.15) is 113 Å². The highest BCUT2D eigenvalue weighted by Gasteiger charge is 2.05. The third kappa shape index (κ3) is 21.9. The van der Waals surface area contributed by atoms with Crippen molar-refractivity contribution in [2.24, 2.45) is 0 Å². The minimum absolute atomic E-state index is 0.284. The lowest BCUT2D eigenvalue weighted by atomic mass is 10.2. The van der Waals surface area contributed by atoms with E-state index in [2.05, 4.69) is 74.5 Å². The van der Waals surface area contributed by atoms with Crippen LogP contribution >= 0.6 is 22.7 Å². The Hall–Kier alpha value is -6.43. The van der Waals surface area contributed by atoms with Gasteiger partial charge in [-0.3, -0.25) is 0 Å². The van der Waals surface area contributed by atoms with E-state index < -0.39 is 0 Å². The fourth-order valence-corrected chi connectivity index (χ4v) is 7.11. The minimum Gasteiger partial charge on any atom is -0.463 e. The van der Waals surface area contributed by atoms with Crippen LogP contribution < -0.4 is 0 Å². The number of nitrogens with one attached hydrogen (secondary N) is 5. The summed E-state index contributed by atoms with van der Waals surface area (Å²) in [6.07, 6.45) is 12.1. The van der Waals surface area contributed by atoms with Crippen molar-refractivity contribution in [1.82, 2.24) is 24.9 Å². The van der Waals surface area contributed by atoms with E-state index in [0.717, 1.165) is 62.9 Å². The van der Waals surface area contributed by atoms with Crippen molar-refractivity contribution in [2.75, 3.05) is 0 Å². The molecule has 5 N–H and O–H groups in total. The van der Waals surface area contributed by atoms with Crippen molar-refractivity contribution in [1.29, 1.82) is 0 Å². The SMILES string of the molecule is CC.CC.CC.CC.CC.CCCCCc1ccc(-c2ccc[nH]2)o1.Cc1ccc(-c2ccc[nH]2)o1.Cc1ccc(-c2cccs2)[nH]1.Fc1ccc(-c2cccs2)[nH]1.c1c[nH]c(-c2ccco2)c1. The lowest BCUT2D eigenvalue weighted by Crippen LogP contribution is -1.80. The van der Waals surface area contributed by atoms with Crippen LogP contribution in [-0.2, 0) is 6.42 Å². The lowest BCUT2D eigenvalue weighted by Gasteiger charge is -1.95. The van der Waals surface area contributed by atoms with Crippen LogP contribution in [0.2, 0.25) is 0 Å². The summed E-state index contributed by atoms with van der Waals surface area (Å²) in [5.41, 5.74) is 6.38. The van der Waals surface area contributed by atoms with Gasteiger partial charge < -0.3 is 38.2 Å². The highest BCUT2D eigenvalue weighted by Crippen LogP contribution is 2.25. The average Bonchev–Trinajstić information content (AvgIpc) is 4.22. The van der Waals surface area contributed by atoms with Crippen molar-refractivity contribution >= 4 is 22.7 Å². The van der Waals surface area contributed by atoms with E-state index in [1.165, 1.54) is 41.6 Å². The molecule has 10 aromatic rings. The molecular weight excluding hydrogens is 886 g/mol. The van der Waals surface area contributed by atoms with Gasteiger partial charge in [0.2, 0.25) is 0 Å². The van der Waals surface area contributed by atoms with Crippen LogP contribution in [0.3, 0.4) is 0 Å². The molecule has 10 aromatic heterocycles. The molecule has 0 unspecified atom stereocenters. The molecule has 0 amide bonds. The maximum absolute atomic E-state index is 12.5. The Kier molecular flexibility index (Phi) is 33.0. The van der Waals surface area contributed by atoms with E-state index in [9.17, 15) is 4.39 Å². The maximum atomic E-state index is 12.5. The molecule has 0 saturated carbocycles. The molecule has 0 aromatic carbocycles. The summed E-state index contributed by atoms with van der Waals surface area (Å²) in [5.74, 6) is 4.46. The molecule has 368 valence electrons. The van der Waals surface area contributed by atoms with Crippen molar-refractivity contribution in [2.45, 2.75) is 116 Å². The van der Waals surface area contributed by atoms with Crippen molar-refractivity contribution in [3.8, 4) is 55.5 Å². The minimum atomic E-state index is -0.284. The Balaban J connectivity index is 0.000000408. The zero-order chi connectivity index (χ0) is 50.4. The molecule has 10 heterocycles. The molecule has 0 radical (unpaired) electrons. The summed E-state index contributed by atoms with van der Waals surface area (Å²) < 4.78 is 28.8. The molecule has 0 atom stereocenters. The Morgan fingerprint density at radius 1 is 0.471 bits per heavy atom. The maximum Gasteiger partial charge on any atom is 0.191 e. The Morgan fingerprint density at radius 2 is 0.985 bits per heavy atom. The van der Waals surface area contributed by atoms with E-state index in [1.54, 1.807) is 35.0 Å². The molecule has 0 fully saturated rings. The zero-order valence-electron chi connectivity index (χ0n) is 42.8.